The lowest BCUT2D eigenvalue weighted by molar-refractivity contribution is 0.665. The highest BCUT2D eigenvalue weighted by Crippen LogP contribution is 2.06. The summed E-state index contributed by atoms with van der Waals surface area (Å²) in [5.74, 6) is 4.18. The summed E-state index contributed by atoms with van der Waals surface area (Å²) in [5.41, 5.74) is 5.74. The number of amidine groups is 1. The third-order valence-electron chi connectivity index (χ3n) is 1.36. The largest absolute Gasteiger partial charge is 0.387 e. The summed E-state index contributed by atoms with van der Waals surface area (Å²) in [6, 6.07) is 0. The maximum Gasteiger partial charge on any atom is 0.104 e. The topological polar surface area (TPSA) is 38.4 Å². The molecule has 0 aliphatic carbocycles. The van der Waals surface area contributed by atoms with Gasteiger partial charge >= 0.3 is 0 Å². The normalized spacial score (nSPS) is 12.9. The Kier molecular flexibility index (Phi) is 7.14. The van der Waals surface area contributed by atoms with Crippen molar-refractivity contribution < 1.29 is 0 Å². The van der Waals surface area contributed by atoms with Crippen LogP contribution >= 0.6 is 11.8 Å². The maximum atomic E-state index is 5.74. The lowest BCUT2D eigenvalue weighted by atomic mass is 10.2. The summed E-state index contributed by atoms with van der Waals surface area (Å²) in [4.78, 5) is 4.29. The van der Waals surface area contributed by atoms with Crippen molar-refractivity contribution in [3.05, 3.63) is 0 Å². The van der Waals surface area contributed by atoms with Crippen LogP contribution in [-0.2, 0) is 0 Å². The van der Waals surface area contributed by atoms with E-state index in [9.17, 15) is 0 Å². The fourth-order valence-corrected chi connectivity index (χ4v) is 1.63. The predicted octanol–water partition coefficient (Wildman–Crippen LogP) is 2.39. The molecule has 3 heteroatoms. The summed E-state index contributed by atoms with van der Waals surface area (Å²) in [5, 5.41) is 0. The molecule has 0 heterocycles. The monoisotopic (exact) mass is 202 g/mol. The van der Waals surface area contributed by atoms with Crippen molar-refractivity contribution in [2.24, 2.45) is 22.6 Å². The van der Waals surface area contributed by atoms with Gasteiger partial charge in [0.25, 0.3) is 0 Å². The summed E-state index contributed by atoms with van der Waals surface area (Å²) in [6.07, 6.45) is 0. The third-order valence-corrected chi connectivity index (χ3v) is 2.76. The van der Waals surface area contributed by atoms with E-state index in [1.807, 2.05) is 11.8 Å². The molecule has 0 radical (unpaired) electrons. The van der Waals surface area contributed by atoms with Crippen LogP contribution in [0.5, 0.6) is 0 Å². The first-order chi connectivity index (χ1) is 6.02. The van der Waals surface area contributed by atoms with Gasteiger partial charge in [-0.05, 0) is 17.6 Å². The molecule has 0 aromatic rings. The number of nitrogens with zero attached hydrogens (tertiary/aromatic N) is 1. The molecule has 0 unspecified atom stereocenters. The Balaban J connectivity index is 3.49. The molecule has 0 aromatic heterocycles. The van der Waals surface area contributed by atoms with E-state index in [4.69, 9.17) is 5.73 Å². The van der Waals surface area contributed by atoms with Crippen LogP contribution in [0.4, 0.5) is 0 Å². The summed E-state index contributed by atoms with van der Waals surface area (Å²) < 4.78 is 0. The van der Waals surface area contributed by atoms with E-state index in [0.717, 1.165) is 29.8 Å². The van der Waals surface area contributed by atoms with E-state index in [1.165, 1.54) is 0 Å². The molecule has 13 heavy (non-hydrogen) atoms. The molecule has 0 saturated carbocycles. The fourth-order valence-electron chi connectivity index (χ4n) is 0.745. The predicted molar refractivity (Wildman–Crippen MR) is 63.5 cm³/mol. The standard InChI is InChI=1S/C10H22N2S/c1-8(2)5-12-10(11)7-13-6-9(3)4/h8-9H,5-7H2,1-4H3,(H2,11,12). The number of hydrogen-bond donors (Lipinski definition) is 1. The zero-order chi connectivity index (χ0) is 10.3. The quantitative estimate of drug-likeness (QED) is 0.530. The Hall–Kier alpha value is -0.180. The van der Waals surface area contributed by atoms with Crippen LogP contribution in [0.25, 0.3) is 0 Å². The van der Waals surface area contributed by atoms with Crippen molar-refractivity contribution in [1.29, 1.82) is 0 Å². The SMILES string of the molecule is CC(C)CN=C(N)CSCC(C)C. The van der Waals surface area contributed by atoms with Crippen LogP contribution in [0.2, 0.25) is 0 Å². The Bertz CT molecular complexity index is 153. The fraction of sp³-hybridized carbons (Fsp3) is 0.900. The van der Waals surface area contributed by atoms with Gasteiger partial charge in [-0.3, -0.25) is 4.99 Å². The lowest BCUT2D eigenvalue weighted by Crippen LogP contribution is -2.17. The van der Waals surface area contributed by atoms with Crippen molar-refractivity contribution >= 4 is 17.6 Å². The average molecular weight is 202 g/mol. The molecule has 0 amide bonds. The molecular weight excluding hydrogens is 180 g/mol. The second kappa shape index (κ2) is 7.25. The minimum Gasteiger partial charge on any atom is -0.387 e. The first kappa shape index (κ1) is 12.8. The van der Waals surface area contributed by atoms with Gasteiger partial charge in [0.05, 0.1) is 5.75 Å². The van der Waals surface area contributed by atoms with Crippen LogP contribution < -0.4 is 5.73 Å². The molecule has 78 valence electrons. The molecule has 0 atom stereocenters. The van der Waals surface area contributed by atoms with Gasteiger partial charge in [0.2, 0.25) is 0 Å². The number of aliphatic imine (C=N–C) groups is 1. The molecule has 0 fully saturated rings. The lowest BCUT2D eigenvalue weighted by Gasteiger charge is -2.05. The second-order valence-electron chi connectivity index (χ2n) is 4.13. The van der Waals surface area contributed by atoms with Crippen LogP contribution in [0.15, 0.2) is 4.99 Å². The highest BCUT2D eigenvalue weighted by atomic mass is 32.2. The minimum atomic E-state index is 0.605. The van der Waals surface area contributed by atoms with E-state index in [-0.39, 0.29) is 0 Å². The van der Waals surface area contributed by atoms with Crippen LogP contribution in [0.3, 0.4) is 0 Å². The van der Waals surface area contributed by atoms with Crippen molar-refractivity contribution in [3.63, 3.8) is 0 Å². The molecule has 0 saturated heterocycles. The average Bonchev–Trinajstić information content (AvgIpc) is 2.00. The summed E-state index contributed by atoms with van der Waals surface area (Å²) >= 11 is 1.87. The molecule has 0 spiro atoms. The Labute approximate surface area is 86.4 Å². The van der Waals surface area contributed by atoms with Crippen LogP contribution in [0.1, 0.15) is 27.7 Å². The van der Waals surface area contributed by atoms with Crippen molar-refractivity contribution in [1.82, 2.24) is 0 Å². The van der Waals surface area contributed by atoms with Crippen molar-refractivity contribution in [3.8, 4) is 0 Å². The highest BCUT2D eigenvalue weighted by molar-refractivity contribution is 7.99. The summed E-state index contributed by atoms with van der Waals surface area (Å²) in [7, 11) is 0. The highest BCUT2D eigenvalue weighted by Gasteiger charge is 1.97. The first-order valence-electron chi connectivity index (χ1n) is 4.89. The third kappa shape index (κ3) is 9.74. The molecule has 0 aromatic carbocycles. The smallest absolute Gasteiger partial charge is 0.104 e. The van der Waals surface area contributed by atoms with Gasteiger partial charge in [0, 0.05) is 6.54 Å². The molecule has 0 rings (SSSR count). The molecule has 2 N–H and O–H groups in total. The van der Waals surface area contributed by atoms with Gasteiger partial charge in [-0.25, -0.2) is 0 Å². The summed E-state index contributed by atoms with van der Waals surface area (Å²) in [6.45, 7) is 9.59. The van der Waals surface area contributed by atoms with E-state index in [2.05, 4.69) is 32.7 Å². The number of nitrogens with two attached hydrogens (primary N) is 1. The van der Waals surface area contributed by atoms with E-state index in [0.29, 0.717) is 5.92 Å². The molecule has 0 aliphatic rings. The van der Waals surface area contributed by atoms with Crippen molar-refractivity contribution in [2.75, 3.05) is 18.1 Å². The van der Waals surface area contributed by atoms with Gasteiger partial charge in [0.1, 0.15) is 5.84 Å². The Morgan fingerprint density at radius 3 is 2.31 bits per heavy atom. The van der Waals surface area contributed by atoms with Gasteiger partial charge in [-0.15, -0.1) is 0 Å². The van der Waals surface area contributed by atoms with E-state index < -0.39 is 0 Å². The zero-order valence-electron chi connectivity index (χ0n) is 9.21. The first-order valence-corrected chi connectivity index (χ1v) is 6.04. The molecule has 0 aliphatic heterocycles. The number of thioether (sulfide) groups is 1. The second-order valence-corrected chi connectivity index (χ2v) is 5.17. The Morgan fingerprint density at radius 2 is 1.85 bits per heavy atom. The van der Waals surface area contributed by atoms with Gasteiger partial charge in [-0.2, -0.15) is 11.8 Å². The number of rotatable bonds is 6. The van der Waals surface area contributed by atoms with E-state index in [1.54, 1.807) is 0 Å². The molecular formula is C10H22N2S. The van der Waals surface area contributed by atoms with Gasteiger partial charge in [0.15, 0.2) is 0 Å². The van der Waals surface area contributed by atoms with E-state index >= 15 is 0 Å². The van der Waals surface area contributed by atoms with Crippen LogP contribution in [0, 0.1) is 11.8 Å². The van der Waals surface area contributed by atoms with Crippen LogP contribution in [-0.4, -0.2) is 23.9 Å². The minimum absolute atomic E-state index is 0.605. The maximum absolute atomic E-state index is 5.74. The molecule has 2 nitrogen and oxygen atoms in total. The van der Waals surface area contributed by atoms with Crippen molar-refractivity contribution in [2.45, 2.75) is 27.7 Å². The number of hydrogen-bond acceptors (Lipinski definition) is 2. The zero-order valence-corrected chi connectivity index (χ0v) is 10.0. The van der Waals surface area contributed by atoms with Gasteiger partial charge < -0.3 is 5.73 Å². The molecule has 0 bridgehead atoms. The Morgan fingerprint density at radius 1 is 1.23 bits per heavy atom. The van der Waals surface area contributed by atoms with Gasteiger partial charge in [-0.1, -0.05) is 27.7 Å².